The lowest BCUT2D eigenvalue weighted by Gasteiger charge is -2.17. The SMILES string of the molecule is C=C(C)C(=O)O[C@H]1CO[C@H]2[C@@H]1OC[C@H]2OC(=O)C(=C)C. The number of hydrogen-bond donors (Lipinski definition) is 0. The van der Waals surface area contributed by atoms with Gasteiger partial charge in [0.15, 0.2) is 12.2 Å². The Balaban J connectivity index is 1.94. The van der Waals surface area contributed by atoms with Crippen molar-refractivity contribution in [2.45, 2.75) is 38.3 Å². The summed E-state index contributed by atoms with van der Waals surface area (Å²) in [5, 5.41) is 0. The highest BCUT2D eigenvalue weighted by molar-refractivity contribution is 5.87. The fourth-order valence-electron chi connectivity index (χ4n) is 2.11. The molecule has 0 aromatic rings. The first-order chi connectivity index (χ1) is 9.40. The molecule has 0 radical (unpaired) electrons. The van der Waals surface area contributed by atoms with E-state index in [2.05, 4.69) is 13.2 Å². The van der Waals surface area contributed by atoms with Crippen molar-refractivity contribution in [3.8, 4) is 0 Å². The third kappa shape index (κ3) is 2.91. The van der Waals surface area contributed by atoms with Gasteiger partial charge in [0.2, 0.25) is 0 Å². The maximum absolute atomic E-state index is 11.5. The van der Waals surface area contributed by atoms with Gasteiger partial charge in [-0.3, -0.25) is 0 Å². The molecule has 0 aliphatic carbocycles. The fraction of sp³-hybridized carbons (Fsp3) is 0.571. The first kappa shape index (κ1) is 14.7. The topological polar surface area (TPSA) is 71.1 Å². The van der Waals surface area contributed by atoms with E-state index in [0.717, 1.165) is 0 Å². The lowest BCUT2D eigenvalue weighted by atomic mass is 10.1. The molecule has 2 aliphatic heterocycles. The van der Waals surface area contributed by atoms with E-state index in [-0.39, 0.29) is 13.2 Å². The van der Waals surface area contributed by atoms with E-state index in [0.29, 0.717) is 11.1 Å². The van der Waals surface area contributed by atoms with E-state index < -0.39 is 36.4 Å². The zero-order valence-corrected chi connectivity index (χ0v) is 11.6. The number of esters is 2. The number of carbonyl (C=O) groups is 2. The van der Waals surface area contributed by atoms with Gasteiger partial charge in [-0.15, -0.1) is 0 Å². The molecule has 20 heavy (non-hydrogen) atoms. The van der Waals surface area contributed by atoms with Gasteiger partial charge in [-0.1, -0.05) is 13.2 Å². The quantitative estimate of drug-likeness (QED) is 0.560. The highest BCUT2D eigenvalue weighted by atomic mass is 16.7. The zero-order valence-electron chi connectivity index (χ0n) is 11.6. The molecule has 2 heterocycles. The molecule has 6 heteroatoms. The average molecular weight is 282 g/mol. The zero-order chi connectivity index (χ0) is 14.9. The first-order valence-electron chi connectivity index (χ1n) is 6.36. The Hall–Kier alpha value is -1.66. The average Bonchev–Trinajstić information content (AvgIpc) is 2.93. The molecule has 0 amide bonds. The summed E-state index contributed by atoms with van der Waals surface area (Å²) in [6, 6.07) is 0. The van der Waals surface area contributed by atoms with Crippen LogP contribution in [0, 0.1) is 0 Å². The van der Waals surface area contributed by atoms with E-state index in [1.165, 1.54) is 0 Å². The summed E-state index contributed by atoms with van der Waals surface area (Å²) in [6.07, 6.45) is -1.84. The molecule has 2 aliphatic rings. The van der Waals surface area contributed by atoms with Crippen LogP contribution in [0.3, 0.4) is 0 Å². The lowest BCUT2D eigenvalue weighted by molar-refractivity contribution is -0.150. The van der Waals surface area contributed by atoms with Crippen molar-refractivity contribution in [2.75, 3.05) is 13.2 Å². The van der Waals surface area contributed by atoms with Gasteiger partial charge >= 0.3 is 11.9 Å². The molecule has 0 saturated carbocycles. The van der Waals surface area contributed by atoms with Crippen LogP contribution in [0.15, 0.2) is 24.3 Å². The summed E-state index contributed by atoms with van der Waals surface area (Å²) in [4.78, 5) is 23.0. The lowest BCUT2D eigenvalue weighted by Crippen LogP contribution is -2.36. The highest BCUT2D eigenvalue weighted by Crippen LogP contribution is 2.31. The number of rotatable bonds is 4. The van der Waals surface area contributed by atoms with E-state index in [1.807, 2.05) is 0 Å². The van der Waals surface area contributed by atoms with Crippen LogP contribution < -0.4 is 0 Å². The van der Waals surface area contributed by atoms with Crippen LogP contribution >= 0.6 is 0 Å². The number of fused-ring (bicyclic) bond motifs is 1. The third-order valence-corrected chi connectivity index (χ3v) is 3.18. The molecule has 4 atom stereocenters. The van der Waals surface area contributed by atoms with E-state index in [9.17, 15) is 9.59 Å². The summed E-state index contributed by atoms with van der Waals surface area (Å²) >= 11 is 0. The Morgan fingerprint density at radius 2 is 1.25 bits per heavy atom. The monoisotopic (exact) mass is 282 g/mol. The molecule has 2 rings (SSSR count). The second-order valence-corrected chi connectivity index (χ2v) is 5.04. The van der Waals surface area contributed by atoms with Gasteiger partial charge < -0.3 is 18.9 Å². The molecule has 2 fully saturated rings. The molecular formula is C14H18O6. The fourth-order valence-corrected chi connectivity index (χ4v) is 2.11. The van der Waals surface area contributed by atoms with Crippen molar-refractivity contribution in [3.05, 3.63) is 24.3 Å². The first-order valence-corrected chi connectivity index (χ1v) is 6.36. The second kappa shape index (κ2) is 5.76. The Kier molecular flexibility index (Phi) is 4.25. The Labute approximate surface area is 117 Å². The molecule has 0 unspecified atom stereocenters. The second-order valence-electron chi connectivity index (χ2n) is 5.04. The Morgan fingerprint density at radius 1 is 0.900 bits per heavy atom. The van der Waals surface area contributed by atoms with Gasteiger partial charge in [-0.05, 0) is 13.8 Å². The van der Waals surface area contributed by atoms with E-state index in [1.54, 1.807) is 13.8 Å². The number of carbonyl (C=O) groups excluding carboxylic acids is 2. The molecule has 0 aromatic carbocycles. The number of hydrogen-bond acceptors (Lipinski definition) is 6. The van der Waals surface area contributed by atoms with Gasteiger partial charge in [0.05, 0.1) is 13.2 Å². The molecule has 0 bridgehead atoms. The molecule has 6 nitrogen and oxygen atoms in total. The highest BCUT2D eigenvalue weighted by Gasteiger charge is 2.51. The predicted molar refractivity (Wildman–Crippen MR) is 68.9 cm³/mol. The van der Waals surface area contributed by atoms with Gasteiger partial charge in [0.1, 0.15) is 12.2 Å². The minimum atomic E-state index is -0.502. The number of ether oxygens (including phenoxy) is 4. The van der Waals surface area contributed by atoms with Crippen LogP contribution in [-0.2, 0) is 28.5 Å². The summed E-state index contributed by atoms with van der Waals surface area (Å²) in [5.41, 5.74) is 0.633. The van der Waals surface area contributed by atoms with Gasteiger partial charge in [-0.2, -0.15) is 0 Å². The Bertz CT molecular complexity index is 413. The van der Waals surface area contributed by atoms with Crippen LogP contribution in [0.2, 0.25) is 0 Å². The largest absolute Gasteiger partial charge is 0.454 e. The summed E-state index contributed by atoms with van der Waals surface area (Å²) < 4.78 is 21.5. The maximum Gasteiger partial charge on any atom is 0.333 e. The standard InChI is InChI=1S/C14H18O6/c1-7(2)13(15)19-9-5-17-12-10(6-18-11(9)12)20-14(16)8(3)4/h9-12H,1,3,5-6H2,2,4H3/t9-,10+,11-,12-/m1/s1. The van der Waals surface area contributed by atoms with Crippen molar-refractivity contribution in [2.24, 2.45) is 0 Å². The predicted octanol–water partition coefficient (Wildman–Crippen LogP) is 0.760. The minimum Gasteiger partial charge on any atom is -0.454 e. The normalized spacial score (nSPS) is 31.5. The Morgan fingerprint density at radius 3 is 1.55 bits per heavy atom. The maximum atomic E-state index is 11.5. The van der Waals surface area contributed by atoms with Crippen LogP contribution in [0.4, 0.5) is 0 Å². The molecule has 110 valence electrons. The third-order valence-electron chi connectivity index (χ3n) is 3.18. The van der Waals surface area contributed by atoms with Gasteiger partial charge in [0.25, 0.3) is 0 Å². The minimum absolute atomic E-state index is 0.218. The van der Waals surface area contributed by atoms with E-state index in [4.69, 9.17) is 18.9 Å². The van der Waals surface area contributed by atoms with Crippen molar-refractivity contribution in [1.82, 2.24) is 0 Å². The van der Waals surface area contributed by atoms with Gasteiger partial charge in [0, 0.05) is 11.1 Å². The molecule has 0 N–H and O–H groups in total. The molecular weight excluding hydrogens is 264 g/mol. The van der Waals surface area contributed by atoms with Crippen molar-refractivity contribution < 1.29 is 28.5 Å². The van der Waals surface area contributed by atoms with Crippen LogP contribution in [0.25, 0.3) is 0 Å². The molecule has 0 spiro atoms. The van der Waals surface area contributed by atoms with Crippen LogP contribution in [0.1, 0.15) is 13.8 Å². The van der Waals surface area contributed by atoms with Crippen molar-refractivity contribution >= 4 is 11.9 Å². The van der Waals surface area contributed by atoms with E-state index >= 15 is 0 Å². The molecule has 0 aromatic heterocycles. The van der Waals surface area contributed by atoms with Crippen LogP contribution in [0.5, 0.6) is 0 Å². The summed E-state index contributed by atoms with van der Waals surface area (Å²) in [6.45, 7) is 10.6. The van der Waals surface area contributed by atoms with Crippen molar-refractivity contribution in [1.29, 1.82) is 0 Å². The smallest absolute Gasteiger partial charge is 0.333 e. The van der Waals surface area contributed by atoms with Crippen molar-refractivity contribution in [3.63, 3.8) is 0 Å². The summed E-state index contributed by atoms with van der Waals surface area (Å²) in [7, 11) is 0. The van der Waals surface area contributed by atoms with Gasteiger partial charge in [-0.25, -0.2) is 9.59 Å². The molecule has 2 saturated heterocycles. The summed E-state index contributed by atoms with van der Waals surface area (Å²) in [5.74, 6) is -0.963. The van der Waals surface area contributed by atoms with Crippen LogP contribution in [-0.4, -0.2) is 49.6 Å².